The van der Waals surface area contributed by atoms with Gasteiger partial charge >= 0.3 is 0 Å². The van der Waals surface area contributed by atoms with E-state index in [9.17, 15) is 0 Å². The van der Waals surface area contributed by atoms with Gasteiger partial charge in [-0.3, -0.25) is 4.99 Å². The van der Waals surface area contributed by atoms with Crippen LogP contribution in [0.25, 0.3) is 0 Å². The molecule has 0 fully saturated rings. The second-order valence-electron chi connectivity index (χ2n) is 4.40. The average Bonchev–Trinajstić information content (AvgIpc) is 2.77. The summed E-state index contributed by atoms with van der Waals surface area (Å²) < 4.78 is 0. The molecule has 0 bridgehead atoms. The Morgan fingerprint density at radius 1 is 1.44 bits per heavy atom. The minimum atomic E-state index is 0.471. The normalized spacial score (nSPS) is 17.4. The molecule has 0 saturated heterocycles. The van der Waals surface area contributed by atoms with Crippen LogP contribution in [-0.2, 0) is 0 Å². The molecule has 0 radical (unpaired) electrons. The lowest BCUT2D eigenvalue weighted by Crippen LogP contribution is -2.20. The Morgan fingerprint density at radius 3 is 3.12 bits per heavy atom. The van der Waals surface area contributed by atoms with E-state index in [0.717, 1.165) is 18.3 Å². The van der Waals surface area contributed by atoms with Crippen molar-refractivity contribution >= 4 is 28.3 Å². The molecule has 2 aliphatic rings. The Morgan fingerprint density at radius 2 is 2.31 bits per heavy atom. The first-order chi connectivity index (χ1) is 7.74. The Bertz CT molecular complexity index is 454. The second kappa shape index (κ2) is 3.70. The van der Waals surface area contributed by atoms with E-state index in [1.807, 2.05) is 0 Å². The van der Waals surface area contributed by atoms with Crippen molar-refractivity contribution in [1.82, 2.24) is 0 Å². The maximum Gasteiger partial charge on any atom is 0.168 e. The lowest BCUT2D eigenvalue weighted by atomic mass is 10.2. The summed E-state index contributed by atoms with van der Waals surface area (Å²) in [6, 6.07) is 7.04. The van der Waals surface area contributed by atoms with Gasteiger partial charge in [0, 0.05) is 23.2 Å². The summed E-state index contributed by atoms with van der Waals surface area (Å²) in [5, 5.41) is 4.60. The third-order valence-corrected chi connectivity index (χ3v) is 3.81. The topological polar surface area (TPSA) is 27.6 Å². The number of benzene rings is 1. The largest absolute Gasteiger partial charge is 0.383 e. The molecule has 0 atom stereocenters. The number of aliphatic imine (C=N–C) groups is 1. The van der Waals surface area contributed by atoms with Crippen LogP contribution in [0.4, 0.5) is 11.4 Å². The molecule has 3 nitrogen and oxygen atoms in total. The van der Waals surface area contributed by atoms with E-state index >= 15 is 0 Å². The molecule has 16 heavy (non-hydrogen) atoms. The molecule has 0 amide bonds. The summed E-state index contributed by atoms with van der Waals surface area (Å²) in [5.74, 6) is 0. The highest BCUT2D eigenvalue weighted by Crippen LogP contribution is 2.43. The van der Waals surface area contributed by atoms with Gasteiger partial charge in [-0.1, -0.05) is 0 Å². The van der Waals surface area contributed by atoms with Crippen LogP contribution in [0.15, 0.2) is 28.1 Å². The molecule has 1 aromatic rings. The van der Waals surface area contributed by atoms with Crippen LogP contribution in [-0.4, -0.2) is 24.3 Å². The van der Waals surface area contributed by atoms with E-state index in [0.29, 0.717) is 6.04 Å². The van der Waals surface area contributed by atoms with Crippen LogP contribution in [0, 0.1) is 0 Å². The van der Waals surface area contributed by atoms with E-state index < -0.39 is 0 Å². The lowest BCUT2D eigenvalue weighted by molar-refractivity contribution is 0.899. The number of hydrogen-bond donors (Lipinski definition) is 1. The molecule has 1 N–H and O–H groups in total. The number of thioether (sulfide) groups is 1. The number of anilines is 2. The van der Waals surface area contributed by atoms with E-state index in [1.54, 1.807) is 11.8 Å². The number of rotatable bonds is 2. The maximum absolute atomic E-state index is 4.49. The third-order valence-electron chi connectivity index (χ3n) is 2.71. The monoisotopic (exact) mass is 233 g/mol. The minimum Gasteiger partial charge on any atom is -0.383 e. The molecule has 0 aromatic heterocycles. The first-order valence-corrected chi connectivity index (χ1v) is 6.46. The Balaban J connectivity index is 1.94. The fraction of sp³-hybridized carbons (Fsp3) is 0.417. The Labute approximate surface area is 99.9 Å². The molecule has 4 heteroatoms. The van der Waals surface area contributed by atoms with Gasteiger partial charge < -0.3 is 10.2 Å². The highest BCUT2D eigenvalue weighted by Gasteiger charge is 2.29. The highest BCUT2D eigenvalue weighted by molar-refractivity contribution is 8.14. The average molecular weight is 233 g/mol. The SMILES string of the molecule is CC(C)Nc1ccc2c(c1)N1CCN=C1S2. The molecule has 0 spiro atoms. The predicted molar refractivity (Wildman–Crippen MR) is 70.7 cm³/mol. The molecule has 0 saturated carbocycles. The van der Waals surface area contributed by atoms with Crippen LogP contribution in [0.3, 0.4) is 0 Å². The molecular formula is C12H15N3S. The number of fused-ring (bicyclic) bond motifs is 3. The van der Waals surface area contributed by atoms with Gasteiger partial charge in [-0.25, -0.2) is 0 Å². The van der Waals surface area contributed by atoms with E-state index in [4.69, 9.17) is 0 Å². The predicted octanol–water partition coefficient (Wildman–Crippen LogP) is 2.79. The molecule has 0 unspecified atom stereocenters. The molecule has 1 aromatic carbocycles. The summed E-state index contributed by atoms with van der Waals surface area (Å²) in [7, 11) is 0. The third kappa shape index (κ3) is 1.57. The number of nitrogens with zero attached hydrogens (tertiary/aromatic N) is 2. The lowest BCUT2D eigenvalue weighted by Gasteiger charge is -2.15. The Kier molecular flexibility index (Phi) is 2.32. The molecule has 0 aliphatic carbocycles. The van der Waals surface area contributed by atoms with Gasteiger partial charge in [-0.05, 0) is 43.8 Å². The maximum atomic E-state index is 4.49. The van der Waals surface area contributed by atoms with Crippen LogP contribution in [0.5, 0.6) is 0 Å². The minimum absolute atomic E-state index is 0.471. The van der Waals surface area contributed by atoms with Crippen molar-refractivity contribution in [3.63, 3.8) is 0 Å². The summed E-state index contributed by atoms with van der Waals surface area (Å²) in [5.41, 5.74) is 2.51. The van der Waals surface area contributed by atoms with Crippen molar-refractivity contribution in [3.05, 3.63) is 18.2 Å². The van der Waals surface area contributed by atoms with Gasteiger partial charge in [-0.15, -0.1) is 0 Å². The number of hydrogen-bond acceptors (Lipinski definition) is 4. The van der Waals surface area contributed by atoms with Crippen molar-refractivity contribution in [1.29, 1.82) is 0 Å². The smallest absolute Gasteiger partial charge is 0.168 e. The summed E-state index contributed by atoms with van der Waals surface area (Å²) in [6.07, 6.45) is 0. The molecule has 3 rings (SSSR count). The summed E-state index contributed by atoms with van der Waals surface area (Å²) >= 11 is 1.78. The van der Waals surface area contributed by atoms with Crippen LogP contribution < -0.4 is 10.2 Å². The van der Waals surface area contributed by atoms with Gasteiger partial charge in [0.25, 0.3) is 0 Å². The summed E-state index contributed by atoms with van der Waals surface area (Å²) in [4.78, 5) is 8.13. The zero-order valence-corrected chi connectivity index (χ0v) is 10.3. The van der Waals surface area contributed by atoms with Crippen LogP contribution in [0.2, 0.25) is 0 Å². The quantitative estimate of drug-likeness (QED) is 0.851. The van der Waals surface area contributed by atoms with E-state index in [2.05, 4.69) is 47.3 Å². The summed E-state index contributed by atoms with van der Waals surface area (Å²) in [6.45, 7) is 6.28. The first kappa shape index (κ1) is 10.0. The Hall–Kier alpha value is -1.16. The second-order valence-corrected chi connectivity index (χ2v) is 5.41. The van der Waals surface area contributed by atoms with Crippen LogP contribution >= 0.6 is 11.8 Å². The standard InChI is InChI=1S/C12H15N3S/c1-8(2)14-9-3-4-11-10(7-9)15-6-5-13-12(15)16-11/h3-4,7-8,14H,5-6H2,1-2H3. The van der Waals surface area contributed by atoms with Crippen LogP contribution in [0.1, 0.15) is 13.8 Å². The van der Waals surface area contributed by atoms with Crippen molar-refractivity contribution in [3.8, 4) is 0 Å². The highest BCUT2D eigenvalue weighted by atomic mass is 32.2. The van der Waals surface area contributed by atoms with Gasteiger partial charge in [0.15, 0.2) is 5.17 Å². The van der Waals surface area contributed by atoms with E-state index in [-0.39, 0.29) is 0 Å². The number of amidine groups is 1. The number of nitrogens with one attached hydrogen (secondary N) is 1. The van der Waals surface area contributed by atoms with Crippen molar-refractivity contribution in [2.45, 2.75) is 24.8 Å². The molecule has 84 valence electrons. The van der Waals surface area contributed by atoms with Gasteiger partial charge in [-0.2, -0.15) is 0 Å². The molecule has 2 aliphatic heterocycles. The zero-order chi connectivity index (χ0) is 11.1. The van der Waals surface area contributed by atoms with E-state index in [1.165, 1.54) is 16.3 Å². The molecular weight excluding hydrogens is 218 g/mol. The van der Waals surface area contributed by atoms with Gasteiger partial charge in [0.1, 0.15) is 0 Å². The van der Waals surface area contributed by atoms with Gasteiger partial charge in [0.2, 0.25) is 0 Å². The van der Waals surface area contributed by atoms with Crippen molar-refractivity contribution in [2.24, 2.45) is 4.99 Å². The van der Waals surface area contributed by atoms with Crippen molar-refractivity contribution in [2.75, 3.05) is 23.3 Å². The van der Waals surface area contributed by atoms with Crippen molar-refractivity contribution < 1.29 is 0 Å². The fourth-order valence-electron chi connectivity index (χ4n) is 2.07. The van der Waals surface area contributed by atoms with Gasteiger partial charge in [0.05, 0.1) is 12.2 Å². The molecule has 2 heterocycles. The fourth-order valence-corrected chi connectivity index (χ4v) is 3.14. The zero-order valence-electron chi connectivity index (χ0n) is 9.53. The first-order valence-electron chi connectivity index (χ1n) is 5.64.